The van der Waals surface area contributed by atoms with E-state index in [1.165, 1.54) is 31.3 Å². The van der Waals surface area contributed by atoms with Crippen LogP contribution in [0.3, 0.4) is 0 Å². The second-order valence-electron chi connectivity index (χ2n) is 4.33. The summed E-state index contributed by atoms with van der Waals surface area (Å²) in [5.74, 6) is -0.791. The second kappa shape index (κ2) is 6.95. The zero-order valence-corrected chi connectivity index (χ0v) is 13.3. The van der Waals surface area contributed by atoms with Crippen LogP contribution in [0.1, 0.15) is 20.3 Å². The molecule has 0 aliphatic heterocycles. The third kappa shape index (κ3) is 3.76. The van der Waals surface area contributed by atoms with Crippen LogP contribution in [0.25, 0.3) is 0 Å². The highest BCUT2D eigenvalue weighted by molar-refractivity contribution is 7.86. The van der Waals surface area contributed by atoms with Crippen LogP contribution in [-0.4, -0.2) is 39.1 Å². The van der Waals surface area contributed by atoms with Gasteiger partial charge in [0.2, 0.25) is 5.82 Å². The molecular weight excluding hydrogens is 301 g/mol. The number of nitrogens with zero attached hydrogens (tertiary/aromatic N) is 1. The minimum Gasteiger partial charge on any atom is -0.493 e. The summed E-state index contributed by atoms with van der Waals surface area (Å²) >= 11 is 0. The molecule has 0 saturated carbocycles. The van der Waals surface area contributed by atoms with Crippen molar-refractivity contribution in [1.29, 1.82) is 0 Å². The normalized spacial score (nSPS) is 12.9. The fraction of sp³-hybridized carbons (Fsp3) is 0.538. The van der Waals surface area contributed by atoms with Crippen LogP contribution < -0.4 is 14.4 Å². The molecular formula is C13H20FNO5S. The first-order valence-corrected chi connectivity index (χ1v) is 7.94. The maximum Gasteiger partial charge on any atom is 0.286 e. The van der Waals surface area contributed by atoms with E-state index < -0.39 is 21.3 Å². The highest BCUT2D eigenvalue weighted by atomic mass is 32.2. The van der Waals surface area contributed by atoms with E-state index in [0.29, 0.717) is 12.2 Å². The molecule has 0 radical (unpaired) electrons. The summed E-state index contributed by atoms with van der Waals surface area (Å²) < 4.78 is 56.1. The van der Waals surface area contributed by atoms with Crippen molar-refractivity contribution in [3.05, 3.63) is 17.9 Å². The summed E-state index contributed by atoms with van der Waals surface area (Å²) in [7, 11) is -1.67. The van der Waals surface area contributed by atoms with Gasteiger partial charge in [-0.1, -0.05) is 6.92 Å². The molecule has 120 valence electrons. The van der Waals surface area contributed by atoms with Gasteiger partial charge < -0.3 is 14.4 Å². The van der Waals surface area contributed by atoms with Crippen molar-refractivity contribution in [2.45, 2.75) is 25.6 Å². The molecule has 0 spiro atoms. The molecule has 1 aromatic rings. The molecule has 0 aromatic heterocycles. The summed E-state index contributed by atoms with van der Waals surface area (Å²) in [5.41, 5.74) is 0.386. The molecule has 0 heterocycles. The monoisotopic (exact) mass is 321 g/mol. The Morgan fingerprint density at radius 2 is 1.71 bits per heavy atom. The Kier molecular flexibility index (Phi) is 5.79. The van der Waals surface area contributed by atoms with Gasteiger partial charge in [0.1, 0.15) is 0 Å². The number of halogens is 1. The quantitative estimate of drug-likeness (QED) is 0.777. The van der Waals surface area contributed by atoms with Crippen LogP contribution in [0.5, 0.6) is 11.5 Å². The maximum absolute atomic E-state index is 13.9. The Morgan fingerprint density at radius 1 is 1.24 bits per heavy atom. The van der Waals surface area contributed by atoms with Crippen LogP contribution in [0.4, 0.5) is 10.1 Å². The zero-order valence-electron chi connectivity index (χ0n) is 12.5. The minimum absolute atomic E-state index is 0.0620. The van der Waals surface area contributed by atoms with Crippen molar-refractivity contribution < 1.29 is 26.8 Å². The van der Waals surface area contributed by atoms with Crippen molar-refractivity contribution in [1.82, 2.24) is 0 Å². The highest BCUT2D eigenvalue weighted by Crippen LogP contribution is 2.34. The molecule has 0 saturated heterocycles. The number of rotatable bonds is 7. The highest BCUT2D eigenvalue weighted by Gasteiger charge is 2.29. The SMILES string of the molecule is CCC(N(CC)c1cc(OC)c(F)c(OC)c1)S(=O)(=O)O. The van der Waals surface area contributed by atoms with Gasteiger partial charge in [-0.25, -0.2) is 0 Å². The molecule has 0 fully saturated rings. The Hall–Kier alpha value is -1.54. The number of benzene rings is 1. The van der Waals surface area contributed by atoms with Crippen molar-refractivity contribution in [2.24, 2.45) is 0 Å². The first-order chi connectivity index (χ1) is 9.79. The molecule has 1 aromatic carbocycles. The summed E-state index contributed by atoms with van der Waals surface area (Å²) in [6.45, 7) is 3.67. The number of anilines is 1. The Morgan fingerprint density at radius 3 is 2.00 bits per heavy atom. The number of hydrogen-bond donors (Lipinski definition) is 1. The van der Waals surface area contributed by atoms with Crippen molar-refractivity contribution in [2.75, 3.05) is 25.7 Å². The molecule has 21 heavy (non-hydrogen) atoms. The molecule has 8 heteroatoms. The molecule has 6 nitrogen and oxygen atoms in total. The van der Waals surface area contributed by atoms with E-state index in [-0.39, 0.29) is 17.9 Å². The van der Waals surface area contributed by atoms with Crippen molar-refractivity contribution in [3.8, 4) is 11.5 Å². The molecule has 1 N–H and O–H groups in total. The zero-order chi connectivity index (χ0) is 16.2. The average Bonchev–Trinajstić information content (AvgIpc) is 2.43. The largest absolute Gasteiger partial charge is 0.493 e. The fourth-order valence-corrected chi connectivity index (χ4v) is 3.18. The van der Waals surface area contributed by atoms with Crippen LogP contribution >= 0.6 is 0 Å². The lowest BCUT2D eigenvalue weighted by molar-refractivity contribution is 0.350. The van der Waals surface area contributed by atoms with Crippen LogP contribution in [-0.2, 0) is 10.1 Å². The van der Waals surface area contributed by atoms with Crippen molar-refractivity contribution >= 4 is 15.8 Å². The van der Waals surface area contributed by atoms with Gasteiger partial charge in [0.15, 0.2) is 16.9 Å². The lowest BCUT2D eigenvalue weighted by Gasteiger charge is -2.30. The average molecular weight is 321 g/mol. The Labute approximate surface area is 124 Å². The van der Waals surface area contributed by atoms with Gasteiger partial charge in [0, 0.05) is 24.4 Å². The summed E-state index contributed by atoms with van der Waals surface area (Å²) in [5, 5.41) is -1.12. The summed E-state index contributed by atoms with van der Waals surface area (Å²) in [6.07, 6.45) is 0.175. The molecule has 0 aliphatic carbocycles. The molecule has 1 atom stereocenters. The lowest BCUT2D eigenvalue weighted by Crippen LogP contribution is -2.40. The van der Waals surface area contributed by atoms with Gasteiger partial charge >= 0.3 is 0 Å². The standard InChI is InChI=1S/C13H20FNO5S/c1-5-12(21(16,17)18)15(6-2)9-7-10(19-3)13(14)11(8-9)20-4/h7-8,12H,5-6H2,1-4H3,(H,16,17,18). The predicted octanol–water partition coefficient (Wildman–Crippen LogP) is 2.29. The van der Waals surface area contributed by atoms with E-state index in [1.807, 2.05) is 0 Å². The van der Waals surface area contributed by atoms with Gasteiger partial charge in [0.25, 0.3) is 10.1 Å². The minimum atomic E-state index is -4.27. The fourth-order valence-electron chi connectivity index (χ4n) is 2.17. The van der Waals surface area contributed by atoms with Crippen LogP contribution in [0.15, 0.2) is 12.1 Å². The molecule has 0 amide bonds. The predicted molar refractivity (Wildman–Crippen MR) is 78.2 cm³/mol. The first kappa shape index (κ1) is 17.5. The Balaban J connectivity index is 3.41. The maximum atomic E-state index is 13.9. The Bertz CT molecular complexity index is 565. The van der Waals surface area contributed by atoms with E-state index in [4.69, 9.17) is 9.47 Å². The van der Waals surface area contributed by atoms with Gasteiger partial charge in [-0.2, -0.15) is 12.8 Å². The second-order valence-corrected chi connectivity index (χ2v) is 5.90. The van der Waals surface area contributed by atoms with Gasteiger partial charge in [-0.3, -0.25) is 4.55 Å². The third-order valence-electron chi connectivity index (χ3n) is 3.14. The summed E-state index contributed by atoms with van der Waals surface area (Å²) in [4.78, 5) is 1.44. The van der Waals surface area contributed by atoms with E-state index in [1.54, 1.807) is 13.8 Å². The number of ether oxygens (including phenoxy) is 2. The number of hydrogen-bond acceptors (Lipinski definition) is 5. The van der Waals surface area contributed by atoms with E-state index in [2.05, 4.69) is 0 Å². The van der Waals surface area contributed by atoms with Crippen molar-refractivity contribution in [3.63, 3.8) is 0 Å². The van der Waals surface area contributed by atoms with Crippen LogP contribution in [0.2, 0.25) is 0 Å². The summed E-state index contributed by atoms with van der Waals surface area (Å²) in [6, 6.07) is 2.74. The molecule has 1 rings (SSSR count). The molecule has 0 aliphatic rings. The molecule has 0 bridgehead atoms. The topological polar surface area (TPSA) is 76.1 Å². The third-order valence-corrected chi connectivity index (χ3v) is 4.42. The van der Waals surface area contributed by atoms with Gasteiger partial charge in [-0.05, 0) is 13.3 Å². The first-order valence-electron chi connectivity index (χ1n) is 6.44. The lowest BCUT2D eigenvalue weighted by atomic mass is 10.2. The smallest absolute Gasteiger partial charge is 0.286 e. The van der Waals surface area contributed by atoms with Gasteiger partial charge in [0.05, 0.1) is 14.2 Å². The van der Waals surface area contributed by atoms with E-state index in [9.17, 15) is 17.4 Å². The van der Waals surface area contributed by atoms with Crippen LogP contribution in [0, 0.1) is 5.82 Å². The van der Waals surface area contributed by atoms with E-state index in [0.717, 1.165) is 0 Å². The van der Waals surface area contributed by atoms with Gasteiger partial charge in [-0.15, -0.1) is 0 Å². The molecule has 1 unspecified atom stereocenters. The number of methoxy groups -OCH3 is 2. The van der Waals surface area contributed by atoms with E-state index >= 15 is 0 Å².